The molecule has 0 saturated heterocycles. The minimum absolute atomic E-state index is 0.0814. The van der Waals surface area contributed by atoms with Gasteiger partial charge in [-0.25, -0.2) is 18.1 Å². The summed E-state index contributed by atoms with van der Waals surface area (Å²) >= 11 is 5.96. The second-order valence-electron chi connectivity index (χ2n) is 5.24. The minimum Gasteiger partial charge on any atom is -0.372 e. The number of halogens is 1. The lowest BCUT2D eigenvalue weighted by Crippen LogP contribution is -2.32. The highest BCUT2D eigenvalue weighted by Crippen LogP contribution is 2.22. The Kier molecular flexibility index (Phi) is 6.23. The fourth-order valence-corrected chi connectivity index (χ4v) is 3.30. The van der Waals surface area contributed by atoms with Gasteiger partial charge in [0, 0.05) is 19.3 Å². The molecule has 1 atom stereocenters. The highest BCUT2D eigenvalue weighted by atomic mass is 35.5. The summed E-state index contributed by atoms with van der Waals surface area (Å²) < 4.78 is 27.1. The molecule has 5 nitrogen and oxygen atoms in total. The first-order valence-electron chi connectivity index (χ1n) is 6.62. The van der Waals surface area contributed by atoms with Crippen molar-refractivity contribution in [1.82, 2.24) is 9.71 Å². The summed E-state index contributed by atoms with van der Waals surface area (Å²) in [6, 6.07) is 1.28. The Labute approximate surface area is 126 Å². The number of hydrogen-bond donors (Lipinski definition) is 2. The van der Waals surface area contributed by atoms with Crippen molar-refractivity contribution in [2.24, 2.45) is 5.92 Å². The number of sulfonamides is 1. The van der Waals surface area contributed by atoms with E-state index in [-0.39, 0.29) is 16.0 Å². The molecule has 0 fully saturated rings. The Morgan fingerprint density at radius 3 is 2.45 bits per heavy atom. The van der Waals surface area contributed by atoms with Crippen LogP contribution in [0.3, 0.4) is 0 Å². The maximum absolute atomic E-state index is 12.2. The van der Waals surface area contributed by atoms with Gasteiger partial charge in [0.25, 0.3) is 0 Å². The summed E-state index contributed by atoms with van der Waals surface area (Å²) in [5.41, 5.74) is 0. The summed E-state index contributed by atoms with van der Waals surface area (Å²) in [7, 11) is -1.90. The van der Waals surface area contributed by atoms with Crippen molar-refractivity contribution in [3.05, 3.63) is 17.3 Å². The van der Waals surface area contributed by atoms with Crippen molar-refractivity contribution in [2.75, 3.05) is 12.4 Å². The predicted octanol–water partition coefficient (Wildman–Crippen LogP) is 2.88. The molecule has 0 spiro atoms. The van der Waals surface area contributed by atoms with E-state index in [1.165, 1.54) is 12.3 Å². The van der Waals surface area contributed by atoms with Crippen LogP contribution < -0.4 is 10.0 Å². The maximum atomic E-state index is 12.2. The van der Waals surface area contributed by atoms with Crippen LogP contribution in [-0.4, -0.2) is 26.5 Å². The quantitative estimate of drug-likeness (QED) is 0.810. The van der Waals surface area contributed by atoms with E-state index >= 15 is 0 Å². The lowest BCUT2D eigenvalue weighted by molar-refractivity contribution is 0.485. The van der Waals surface area contributed by atoms with Gasteiger partial charge in [-0.2, -0.15) is 0 Å². The number of hydrogen-bond acceptors (Lipinski definition) is 4. The van der Waals surface area contributed by atoms with Crippen molar-refractivity contribution in [3.8, 4) is 0 Å². The maximum Gasteiger partial charge on any atom is 0.242 e. The summed E-state index contributed by atoms with van der Waals surface area (Å²) in [5, 5.41) is 3.07. The van der Waals surface area contributed by atoms with Crippen LogP contribution in [0.25, 0.3) is 0 Å². The third kappa shape index (κ3) is 4.92. The zero-order valence-corrected chi connectivity index (χ0v) is 13.8. The summed E-state index contributed by atoms with van der Waals surface area (Å²) in [6.45, 7) is 6.08. The first-order valence-corrected chi connectivity index (χ1v) is 8.48. The fraction of sp³-hybridized carbons (Fsp3) is 0.615. The minimum atomic E-state index is -3.58. The van der Waals surface area contributed by atoms with Crippen LogP contribution in [0.5, 0.6) is 0 Å². The molecule has 0 saturated carbocycles. The van der Waals surface area contributed by atoms with Gasteiger partial charge in [-0.1, -0.05) is 25.4 Å². The molecule has 0 amide bonds. The Bertz CT molecular complexity index is 547. The summed E-state index contributed by atoms with van der Waals surface area (Å²) in [5.74, 6) is 1.01. The molecule has 0 aliphatic carbocycles. The molecule has 0 radical (unpaired) electrons. The largest absolute Gasteiger partial charge is 0.372 e. The van der Waals surface area contributed by atoms with Crippen molar-refractivity contribution < 1.29 is 8.42 Å². The molecule has 1 unspecified atom stereocenters. The van der Waals surface area contributed by atoms with Crippen LogP contribution in [0.1, 0.15) is 33.6 Å². The second-order valence-corrected chi connectivity index (χ2v) is 7.37. The highest BCUT2D eigenvalue weighted by Gasteiger charge is 2.19. The van der Waals surface area contributed by atoms with Gasteiger partial charge >= 0.3 is 0 Å². The number of pyridine rings is 1. The van der Waals surface area contributed by atoms with Gasteiger partial charge in [0.15, 0.2) is 0 Å². The van der Waals surface area contributed by atoms with Gasteiger partial charge in [-0.05, 0) is 31.7 Å². The van der Waals surface area contributed by atoms with Crippen LogP contribution in [0.15, 0.2) is 17.2 Å². The Morgan fingerprint density at radius 1 is 1.30 bits per heavy atom. The number of anilines is 1. The average Bonchev–Trinajstić information content (AvgIpc) is 2.35. The van der Waals surface area contributed by atoms with Crippen molar-refractivity contribution in [2.45, 2.75) is 44.6 Å². The predicted molar refractivity (Wildman–Crippen MR) is 82.6 cm³/mol. The van der Waals surface area contributed by atoms with E-state index in [1.807, 2.05) is 6.92 Å². The molecule has 0 aromatic carbocycles. The second kappa shape index (κ2) is 7.24. The lowest BCUT2D eigenvalue weighted by atomic mass is 10.1. The van der Waals surface area contributed by atoms with Gasteiger partial charge in [0.05, 0.1) is 5.02 Å². The lowest BCUT2D eigenvalue weighted by Gasteiger charge is -2.15. The molecule has 7 heteroatoms. The number of nitrogens with zero attached hydrogens (tertiary/aromatic N) is 1. The molecular formula is C13H22ClN3O2S. The molecule has 20 heavy (non-hydrogen) atoms. The van der Waals surface area contributed by atoms with Gasteiger partial charge in [0.2, 0.25) is 10.0 Å². The van der Waals surface area contributed by atoms with Crippen molar-refractivity contribution in [3.63, 3.8) is 0 Å². The molecule has 114 valence electrons. The smallest absolute Gasteiger partial charge is 0.242 e. The monoisotopic (exact) mass is 319 g/mol. The standard InChI is InChI=1S/C13H22ClN3O2S/c1-9(2)5-6-10(3)17-20(18,19)11-7-12(14)13(15-4)16-8-11/h7-10,17H,5-6H2,1-4H3,(H,15,16). The van der Waals surface area contributed by atoms with E-state index in [4.69, 9.17) is 11.6 Å². The molecule has 1 heterocycles. The van der Waals surface area contributed by atoms with E-state index in [2.05, 4.69) is 28.9 Å². The number of nitrogens with one attached hydrogen (secondary N) is 2. The number of rotatable bonds is 7. The summed E-state index contributed by atoms with van der Waals surface area (Å²) in [4.78, 5) is 4.06. The van der Waals surface area contributed by atoms with Crippen LogP contribution in [-0.2, 0) is 10.0 Å². The normalized spacial score (nSPS) is 13.5. The average molecular weight is 320 g/mol. The zero-order chi connectivity index (χ0) is 15.3. The highest BCUT2D eigenvalue weighted by molar-refractivity contribution is 7.89. The Morgan fingerprint density at radius 2 is 1.95 bits per heavy atom. The third-order valence-corrected chi connectivity index (χ3v) is 4.74. The van der Waals surface area contributed by atoms with E-state index in [0.29, 0.717) is 11.7 Å². The molecule has 2 N–H and O–H groups in total. The number of aromatic nitrogens is 1. The molecule has 1 aromatic rings. The first kappa shape index (κ1) is 17.2. The first-order chi connectivity index (χ1) is 9.26. The van der Waals surface area contributed by atoms with Gasteiger partial charge < -0.3 is 5.32 Å². The SMILES string of the molecule is CNc1ncc(S(=O)(=O)NC(C)CCC(C)C)cc1Cl. The van der Waals surface area contributed by atoms with Crippen molar-refractivity contribution >= 4 is 27.4 Å². The van der Waals surface area contributed by atoms with Crippen molar-refractivity contribution in [1.29, 1.82) is 0 Å². The van der Waals surface area contributed by atoms with Crippen LogP contribution >= 0.6 is 11.6 Å². The van der Waals surface area contributed by atoms with Gasteiger partial charge in [-0.15, -0.1) is 0 Å². The van der Waals surface area contributed by atoms with Crippen LogP contribution in [0, 0.1) is 5.92 Å². The van der Waals surface area contributed by atoms with E-state index < -0.39 is 10.0 Å². The topological polar surface area (TPSA) is 71.1 Å². The van der Waals surface area contributed by atoms with Gasteiger partial charge in [0.1, 0.15) is 10.7 Å². The van der Waals surface area contributed by atoms with Gasteiger partial charge in [-0.3, -0.25) is 0 Å². The molecule has 0 bridgehead atoms. The zero-order valence-electron chi connectivity index (χ0n) is 12.3. The molecular weight excluding hydrogens is 298 g/mol. The molecule has 1 aromatic heterocycles. The molecule has 0 aliphatic rings. The molecule has 0 aliphatic heterocycles. The van der Waals surface area contributed by atoms with E-state index in [1.54, 1.807) is 7.05 Å². The van der Waals surface area contributed by atoms with Crippen LogP contribution in [0.4, 0.5) is 5.82 Å². The third-order valence-electron chi connectivity index (χ3n) is 2.90. The van der Waals surface area contributed by atoms with E-state index in [0.717, 1.165) is 12.8 Å². The summed E-state index contributed by atoms with van der Waals surface area (Å²) in [6.07, 6.45) is 3.07. The molecule has 1 rings (SSSR count). The van der Waals surface area contributed by atoms with Crippen LogP contribution in [0.2, 0.25) is 5.02 Å². The van der Waals surface area contributed by atoms with E-state index in [9.17, 15) is 8.42 Å². The Balaban J connectivity index is 2.81. The Hall–Kier alpha value is -0.850. The fourth-order valence-electron chi connectivity index (χ4n) is 1.73.